The first-order valence-electron chi connectivity index (χ1n) is 12.7. The van der Waals surface area contributed by atoms with Crippen LogP contribution >= 0.6 is 0 Å². The van der Waals surface area contributed by atoms with Crippen molar-refractivity contribution < 1.29 is 0 Å². The first kappa shape index (κ1) is 23.6. The third-order valence-corrected chi connectivity index (χ3v) is 6.82. The predicted molar refractivity (Wildman–Crippen MR) is 147 cm³/mol. The Kier molecular flexibility index (Phi) is 6.66. The van der Waals surface area contributed by atoms with Gasteiger partial charge in [-0.3, -0.25) is 4.90 Å². The third-order valence-electron chi connectivity index (χ3n) is 6.82. The van der Waals surface area contributed by atoms with E-state index in [0.29, 0.717) is 17.5 Å². The van der Waals surface area contributed by atoms with E-state index in [2.05, 4.69) is 61.6 Å². The molecule has 0 spiro atoms. The fourth-order valence-corrected chi connectivity index (χ4v) is 4.86. The summed E-state index contributed by atoms with van der Waals surface area (Å²) >= 11 is 0. The van der Waals surface area contributed by atoms with Gasteiger partial charge in [-0.05, 0) is 36.6 Å². The maximum Gasteiger partial charge on any atom is 0.234 e. The zero-order valence-electron chi connectivity index (χ0n) is 20.8. The summed E-state index contributed by atoms with van der Waals surface area (Å²) < 4.78 is 0. The van der Waals surface area contributed by atoms with E-state index in [-0.39, 0.29) is 5.82 Å². The van der Waals surface area contributed by atoms with Gasteiger partial charge in [0.25, 0.3) is 0 Å². The zero-order valence-corrected chi connectivity index (χ0v) is 20.8. The van der Waals surface area contributed by atoms with Crippen molar-refractivity contribution >= 4 is 17.0 Å². The average molecular weight is 499 g/mol. The summed E-state index contributed by atoms with van der Waals surface area (Å²) in [5, 5.41) is 12.5. The number of hydrogen-bond acceptors (Lipinski definition) is 8. The smallest absolute Gasteiger partial charge is 0.234 e. The Morgan fingerprint density at radius 3 is 2.34 bits per heavy atom. The average Bonchev–Trinajstić information content (AvgIpc) is 2.98. The lowest BCUT2D eigenvalue weighted by molar-refractivity contribution is 0.211. The maximum absolute atomic E-state index is 9.01. The molecule has 0 amide bonds. The number of nitrogens with one attached hydrogen (secondary N) is 1. The van der Waals surface area contributed by atoms with Crippen molar-refractivity contribution in [3.05, 3.63) is 96.6 Å². The molecule has 5 aromatic rings. The van der Waals surface area contributed by atoms with Gasteiger partial charge in [0.1, 0.15) is 17.4 Å². The fourth-order valence-electron chi connectivity index (χ4n) is 4.86. The predicted octanol–water partition coefficient (Wildman–Crippen LogP) is 5.10. The molecule has 3 aromatic heterocycles. The zero-order chi connectivity index (χ0) is 25.7. The number of benzene rings is 2. The normalized spacial score (nSPS) is 14.3. The Hall–Kier alpha value is -4.74. The van der Waals surface area contributed by atoms with Crippen LogP contribution in [-0.4, -0.2) is 49.0 Å². The lowest BCUT2D eigenvalue weighted by Crippen LogP contribution is -2.38. The number of rotatable bonds is 6. The number of nitrogens with zero attached hydrogens (tertiary/aromatic N) is 7. The van der Waals surface area contributed by atoms with Gasteiger partial charge in [0, 0.05) is 49.2 Å². The van der Waals surface area contributed by atoms with Gasteiger partial charge in [-0.25, -0.2) is 24.9 Å². The quantitative estimate of drug-likeness (QED) is 0.345. The SMILES string of the molecule is N#Cc1nccc(NC2CCN(Cc3ccc(-c4nc5ncccc5nc4-c4ccccc4)cc3)CC2)n1. The van der Waals surface area contributed by atoms with Crippen molar-refractivity contribution in [1.29, 1.82) is 5.26 Å². The van der Waals surface area contributed by atoms with Crippen molar-refractivity contribution in [2.24, 2.45) is 0 Å². The van der Waals surface area contributed by atoms with Gasteiger partial charge in [0.15, 0.2) is 5.65 Å². The first-order chi connectivity index (χ1) is 18.7. The molecule has 8 nitrogen and oxygen atoms in total. The van der Waals surface area contributed by atoms with Crippen molar-refractivity contribution in [1.82, 2.24) is 29.8 Å². The standard InChI is InChI=1S/C30H26N8/c31-19-27-32-16-12-26(36-27)34-24-13-17-38(18-14-24)20-21-8-10-23(11-9-21)29-28(22-5-2-1-3-6-22)35-25-7-4-15-33-30(25)37-29/h1-12,15-16,24H,13-14,17-18,20H2,(H,32,34,36). The highest BCUT2D eigenvalue weighted by molar-refractivity contribution is 5.84. The fraction of sp³-hybridized carbons (Fsp3) is 0.200. The molecule has 0 radical (unpaired) electrons. The largest absolute Gasteiger partial charge is 0.367 e. The van der Waals surface area contributed by atoms with Crippen molar-refractivity contribution in [2.45, 2.75) is 25.4 Å². The van der Waals surface area contributed by atoms with Crippen LogP contribution in [0, 0.1) is 11.3 Å². The second-order valence-electron chi connectivity index (χ2n) is 9.40. The summed E-state index contributed by atoms with van der Waals surface area (Å²) in [5.74, 6) is 0.908. The van der Waals surface area contributed by atoms with E-state index in [0.717, 1.165) is 60.5 Å². The van der Waals surface area contributed by atoms with Crippen LogP contribution in [0.15, 0.2) is 85.2 Å². The number of anilines is 1. The summed E-state index contributed by atoms with van der Waals surface area (Å²) in [7, 11) is 0. The Bertz CT molecular complexity index is 1590. The molecule has 0 aliphatic carbocycles. The van der Waals surface area contributed by atoms with Gasteiger partial charge in [-0.1, -0.05) is 54.6 Å². The van der Waals surface area contributed by atoms with Crippen LogP contribution in [0.3, 0.4) is 0 Å². The Morgan fingerprint density at radius 2 is 1.55 bits per heavy atom. The van der Waals surface area contributed by atoms with Crippen LogP contribution in [0.1, 0.15) is 24.2 Å². The van der Waals surface area contributed by atoms with Gasteiger partial charge in [-0.2, -0.15) is 5.26 Å². The summed E-state index contributed by atoms with van der Waals surface area (Å²) in [6.45, 7) is 2.89. The van der Waals surface area contributed by atoms with Crippen LogP contribution in [0.4, 0.5) is 5.82 Å². The molecule has 1 N–H and O–H groups in total. The minimum absolute atomic E-state index is 0.192. The molecule has 0 atom stereocenters. The molecule has 1 fully saturated rings. The molecule has 6 rings (SSSR count). The number of hydrogen-bond donors (Lipinski definition) is 1. The molecular formula is C30H26N8. The van der Waals surface area contributed by atoms with Gasteiger partial charge >= 0.3 is 0 Å². The number of aromatic nitrogens is 5. The van der Waals surface area contributed by atoms with Gasteiger partial charge in [0.2, 0.25) is 5.82 Å². The molecule has 1 aliphatic rings. The number of piperidine rings is 1. The van der Waals surface area contributed by atoms with Gasteiger partial charge in [-0.15, -0.1) is 0 Å². The van der Waals surface area contributed by atoms with E-state index < -0.39 is 0 Å². The summed E-state index contributed by atoms with van der Waals surface area (Å²) in [6, 6.07) is 26.8. The van der Waals surface area contributed by atoms with Crippen molar-refractivity contribution in [3.63, 3.8) is 0 Å². The summed E-state index contributed by atoms with van der Waals surface area (Å²) in [6.07, 6.45) is 5.41. The van der Waals surface area contributed by atoms with E-state index in [1.807, 2.05) is 42.5 Å². The Balaban J connectivity index is 1.15. The second-order valence-corrected chi connectivity index (χ2v) is 9.40. The van der Waals surface area contributed by atoms with Crippen LogP contribution < -0.4 is 5.32 Å². The van der Waals surface area contributed by atoms with Crippen LogP contribution in [0.2, 0.25) is 0 Å². The molecule has 2 aromatic carbocycles. The van der Waals surface area contributed by atoms with Gasteiger partial charge < -0.3 is 5.32 Å². The maximum atomic E-state index is 9.01. The molecule has 0 bridgehead atoms. The Morgan fingerprint density at radius 1 is 0.789 bits per heavy atom. The van der Waals surface area contributed by atoms with Crippen LogP contribution in [-0.2, 0) is 6.54 Å². The number of fused-ring (bicyclic) bond motifs is 1. The third kappa shape index (κ3) is 5.19. The van der Waals surface area contributed by atoms with Crippen LogP contribution in [0.5, 0.6) is 0 Å². The van der Waals surface area contributed by atoms with E-state index >= 15 is 0 Å². The van der Waals surface area contributed by atoms with E-state index in [1.165, 1.54) is 5.56 Å². The molecule has 186 valence electrons. The van der Waals surface area contributed by atoms with Gasteiger partial charge in [0.05, 0.1) is 11.4 Å². The van der Waals surface area contributed by atoms with Crippen molar-refractivity contribution in [2.75, 3.05) is 18.4 Å². The number of likely N-dealkylation sites (tertiary alicyclic amines) is 1. The molecule has 8 heteroatoms. The molecular weight excluding hydrogens is 472 g/mol. The highest BCUT2D eigenvalue weighted by Gasteiger charge is 2.20. The number of pyridine rings is 1. The highest BCUT2D eigenvalue weighted by atomic mass is 15.1. The topological polar surface area (TPSA) is 104 Å². The summed E-state index contributed by atoms with van der Waals surface area (Å²) in [5.41, 5.74) is 6.46. The van der Waals surface area contributed by atoms with Crippen molar-refractivity contribution in [3.8, 4) is 28.6 Å². The first-order valence-corrected chi connectivity index (χ1v) is 12.7. The number of nitriles is 1. The van der Waals surface area contributed by atoms with E-state index in [4.69, 9.17) is 15.2 Å². The lowest BCUT2D eigenvalue weighted by atomic mass is 10.0. The highest BCUT2D eigenvalue weighted by Crippen LogP contribution is 2.31. The Labute approximate surface area is 221 Å². The molecule has 1 aliphatic heterocycles. The summed E-state index contributed by atoms with van der Waals surface area (Å²) in [4.78, 5) is 24.9. The van der Waals surface area contributed by atoms with E-state index in [9.17, 15) is 0 Å². The molecule has 0 saturated carbocycles. The lowest BCUT2D eigenvalue weighted by Gasteiger charge is -2.32. The monoisotopic (exact) mass is 498 g/mol. The minimum Gasteiger partial charge on any atom is -0.367 e. The second kappa shape index (κ2) is 10.7. The molecule has 1 saturated heterocycles. The molecule has 38 heavy (non-hydrogen) atoms. The minimum atomic E-state index is 0.192. The molecule has 0 unspecified atom stereocenters. The van der Waals surface area contributed by atoms with Crippen LogP contribution in [0.25, 0.3) is 33.7 Å². The molecule has 4 heterocycles. The van der Waals surface area contributed by atoms with E-state index in [1.54, 1.807) is 12.4 Å².